The van der Waals surface area contributed by atoms with Gasteiger partial charge in [-0.05, 0) is 31.7 Å². The molecule has 2 aliphatic carbocycles. The van der Waals surface area contributed by atoms with Gasteiger partial charge in [0.15, 0.2) is 0 Å². The van der Waals surface area contributed by atoms with Gasteiger partial charge in [0.1, 0.15) is 5.69 Å². The summed E-state index contributed by atoms with van der Waals surface area (Å²) in [6, 6.07) is 2.53. The Labute approximate surface area is 126 Å². The van der Waals surface area contributed by atoms with Crippen LogP contribution >= 0.6 is 0 Å². The summed E-state index contributed by atoms with van der Waals surface area (Å²) < 4.78 is 0. The highest BCUT2D eigenvalue weighted by Crippen LogP contribution is 2.38. The van der Waals surface area contributed by atoms with E-state index in [9.17, 15) is 4.79 Å². The quantitative estimate of drug-likeness (QED) is 0.556. The first kappa shape index (κ1) is 14.6. The third kappa shape index (κ3) is 4.30. The molecule has 1 heterocycles. The van der Waals surface area contributed by atoms with Gasteiger partial charge in [0.25, 0.3) is 5.91 Å². The van der Waals surface area contributed by atoms with Gasteiger partial charge in [-0.3, -0.25) is 9.89 Å². The third-order valence-corrected chi connectivity index (χ3v) is 4.55. The number of carbonyl (C=O) groups excluding carboxylic acids is 1. The van der Waals surface area contributed by atoms with Crippen molar-refractivity contribution in [1.29, 1.82) is 0 Å². The van der Waals surface area contributed by atoms with Gasteiger partial charge in [-0.2, -0.15) is 5.10 Å². The SMILES string of the molecule is O=C(NCCNC1CCCCCC1)c1cc(C2CC2)[nH]n1. The molecule has 2 aliphatic rings. The highest BCUT2D eigenvalue weighted by atomic mass is 16.1. The van der Waals surface area contributed by atoms with Crippen molar-refractivity contribution in [1.82, 2.24) is 20.8 Å². The van der Waals surface area contributed by atoms with E-state index in [0.717, 1.165) is 12.2 Å². The molecule has 0 aromatic carbocycles. The first-order chi connectivity index (χ1) is 10.3. The lowest BCUT2D eigenvalue weighted by atomic mass is 10.1. The Bertz CT molecular complexity index is 459. The fraction of sp³-hybridized carbons (Fsp3) is 0.750. The van der Waals surface area contributed by atoms with Crippen molar-refractivity contribution in [3.05, 3.63) is 17.5 Å². The fourth-order valence-electron chi connectivity index (χ4n) is 3.08. The van der Waals surface area contributed by atoms with E-state index < -0.39 is 0 Å². The van der Waals surface area contributed by atoms with E-state index in [0.29, 0.717) is 24.2 Å². The summed E-state index contributed by atoms with van der Waals surface area (Å²) >= 11 is 0. The van der Waals surface area contributed by atoms with Crippen LogP contribution in [-0.4, -0.2) is 35.2 Å². The van der Waals surface area contributed by atoms with E-state index in [2.05, 4.69) is 20.8 Å². The molecule has 3 N–H and O–H groups in total. The second kappa shape index (κ2) is 7.07. The topological polar surface area (TPSA) is 69.8 Å². The van der Waals surface area contributed by atoms with Gasteiger partial charge in [-0.25, -0.2) is 0 Å². The number of hydrogen-bond acceptors (Lipinski definition) is 3. The summed E-state index contributed by atoms with van der Waals surface area (Å²) in [5.74, 6) is 0.539. The Morgan fingerprint density at radius 1 is 1.14 bits per heavy atom. The van der Waals surface area contributed by atoms with Crippen LogP contribution in [0.4, 0.5) is 0 Å². The second-order valence-electron chi connectivity index (χ2n) is 6.38. The molecular formula is C16H26N4O. The molecule has 5 nitrogen and oxygen atoms in total. The fourth-order valence-corrected chi connectivity index (χ4v) is 3.08. The van der Waals surface area contributed by atoms with Gasteiger partial charge in [0, 0.05) is 30.7 Å². The number of aromatic nitrogens is 2. The van der Waals surface area contributed by atoms with Crippen LogP contribution in [0, 0.1) is 0 Å². The summed E-state index contributed by atoms with van der Waals surface area (Å²) in [5.41, 5.74) is 1.63. The molecule has 116 valence electrons. The van der Waals surface area contributed by atoms with Gasteiger partial charge < -0.3 is 10.6 Å². The van der Waals surface area contributed by atoms with Crippen molar-refractivity contribution in [3.63, 3.8) is 0 Å². The van der Waals surface area contributed by atoms with E-state index in [1.165, 1.54) is 51.4 Å². The average molecular weight is 290 g/mol. The van der Waals surface area contributed by atoms with E-state index in [1.54, 1.807) is 0 Å². The molecule has 0 atom stereocenters. The summed E-state index contributed by atoms with van der Waals surface area (Å²) in [6.45, 7) is 1.51. The van der Waals surface area contributed by atoms with Crippen molar-refractivity contribution in [2.75, 3.05) is 13.1 Å². The van der Waals surface area contributed by atoms with Crippen LogP contribution in [0.15, 0.2) is 6.07 Å². The number of aromatic amines is 1. The van der Waals surface area contributed by atoms with Gasteiger partial charge in [0.05, 0.1) is 0 Å². The molecular weight excluding hydrogens is 264 g/mol. The highest BCUT2D eigenvalue weighted by molar-refractivity contribution is 5.92. The Kier molecular flexibility index (Phi) is 4.91. The Morgan fingerprint density at radius 3 is 2.62 bits per heavy atom. The smallest absolute Gasteiger partial charge is 0.271 e. The number of hydrogen-bond donors (Lipinski definition) is 3. The standard InChI is InChI=1S/C16H26N4O/c21-16(15-11-14(19-20-15)12-7-8-12)18-10-9-17-13-5-3-1-2-4-6-13/h11-13,17H,1-10H2,(H,18,21)(H,19,20). The van der Waals surface area contributed by atoms with Gasteiger partial charge >= 0.3 is 0 Å². The van der Waals surface area contributed by atoms with E-state index in [1.807, 2.05) is 6.07 Å². The van der Waals surface area contributed by atoms with Crippen molar-refractivity contribution in [2.24, 2.45) is 0 Å². The maximum absolute atomic E-state index is 12.0. The van der Waals surface area contributed by atoms with Crippen molar-refractivity contribution >= 4 is 5.91 Å². The first-order valence-corrected chi connectivity index (χ1v) is 8.40. The lowest BCUT2D eigenvalue weighted by Gasteiger charge is -2.16. The summed E-state index contributed by atoms with van der Waals surface area (Å²) in [5, 5.41) is 13.6. The largest absolute Gasteiger partial charge is 0.349 e. The Morgan fingerprint density at radius 2 is 1.90 bits per heavy atom. The van der Waals surface area contributed by atoms with Gasteiger partial charge in [-0.1, -0.05) is 25.7 Å². The molecule has 0 bridgehead atoms. The molecule has 0 aliphatic heterocycles. The normalized spacial score (nSPS) is 20.2. The molecule has 0 saturated heterocycles. The molecule has 0 radical (unpaired) electrons. The van der Waals surface area contributed by atoms with Crippen molar-refractivity contribution in [2.45, 2.75) is 63.3 Å². The van der Waals surface area contributed by atoms with E-state index >= 15 is 0 Å². The number of nitrogens with zero attached hydrogens (tertiary/aromatic N) is 1. The minimum atomic E-state index is -0.0687. The van der Waals surface area contributed by atoms with Crippen molar-refractivity contribution < 1.29 is 4.79 Å². The molecule has 5 heteroatoms. The van der Waals surface area contributed by atoms with Crippen LogP contribution in [0.5, 0.6) is 0 Å². The Balaban J connectivity index is 1.35. The van der Waals surface area contributed by atoms with Crippen LogP contribution in [0.3, 0.4) is 0 Å². The molecule has 0 spiro atoms. The summed E-state index contributed by atoms with van der Waals surface area (Å²) in [7, 11) is 0. The summed E-state index contributed by atoms with van der Waals surface area (Å²) in [4.78, 5) is 12.0. The van der Waals surface area contributed by atoms with Crippen LogP contribution < -0.4 is 10.6 Å². The molecule has 1 amide bonds. The zero-order chi connectivity index (χ0) is 14.5. The number of nitrogens with one attached hydrogen (secondary N) is 3. The number of carbonyl (C=O) groups is 1. The second-order valence-corrected chi connectivity index (χ2v) is 6.38. The van der Waals surface area contributed by atoms with Crippen LogP contribution in [0.2, 0.25) is 0 Å². The number of amides is 1. The maximum atomic E-state index is 12.0. The molecule has 0 unspecified atom stereocenters. The van der Waals surface area contributed by atoms with E-state index in [-0.39, 0.29) is 5.91 Å². The van der Waals surface area contributed by atoms with Crippen molar-refractivity contribution in [3.8, 4) is 0 Å². The average Bonchev–Trinajstić information content (AvgIpc) is 3.28. The van der Waals surface area contributed by atoms with Crippen LogP contribution in [0.1, 0.15) is 73.5 Å². The lowest BCUT2D eigenvalue weighted by Crippen LogP contribution is -2.37. The predicted molar refractivity (Wildman–Crippen MR) is 82.4 cm³/mol. The van der Waals surface area contributed by atoms with Crippen LogP contribution in [-0.2, 0) is 0 Å². The Hall–Kier alpha value is -1.36. The zero-order valence-electron chi connectivity index (χ0n) is 12.7. The monoisotopic (exact) mass is 290 g/mol. The summed E-state index contributed by atoms with van der Waals surface area (Å²) in [6.07, 6.45) is 10.4. The zero-order valence-corrected chi connectivity index (χ0v) is 12.7. The van der Waals surface area contributed by atoms with Gasteiger partial charge in [0.2, 0.25) is 0 Å². The van der Waals surface area contributed by atoms with Crippen LogP contribution in [0.25, 0.3) is 0 Å². The minimum Gasteiger partial charge on any atom is -0.349 e. The molecule has 1 aromatic rings. The maximum Gasteiger partial charge on any atom is 0.271 e. The molecule has 21 heavy (non-hydrogen) atoms. The number of H-pyrrole nitrogens is 1. The molecule has 1 aromatic heterocycles. The van der Waals surface area contributed by atoms with Gasteiger partial charge in [-0.15, -0.1) is 0 Å². The number of rotatable bonds is 6. The molecule has 2 fully saturated rings. The minimum absolute atomic E-state index is 0.0687. The van der Waals surface area contributed by atoms with E-state index in [4.69, 9.17) is 0 Å². The molecule has 2 saturated carbocycles. The molecule has 3 rings (SSSR count). The highest BCUT2D eigenvalue weighted by Gasteiger charge is 2.26. The predicted octanol–water partition coefficient (Wildman–Crippen LogP) is 2.33. The first-order valence-electron chi connectivity index (χ1n) is 8.40. The third-order valence-electron chi connectivity index (χ3n) is 4.55. The lowest BCUT2D eigenvalue weighted by molar-refractivity contribution is 0.0948.